The van der Waals surface area contributed by atoms with E-state index >= 15 is 0 Å². The Bertz CT molecular complexity index is 1490. The number of aromatic nitrogens is 1. The smallest absolute Gasteiger partial charge is 0.416 e. The molecule has 1 amide bonds. The minimum atomic E-state index is -4.46. The number of carbonyl (C=O) groups excluding carboxylic acids is 1. The van der Waals surface area contributed by atoms with Crippen LogP contribution in [0.4, 0.5) is 28.4 Å². The number of rotatable bonds is 9. The molecule has 0 saturated carbocycles. The van der Waals surface area contributed by atoms with E-state index in [4.69, 9.17) is 27.9 Å². The van der Waals surface area contributed by atoms with E-state index in [1.807, 2.05) is 0 Å². The third-order valence-electron chi connectivity index (χ3n) is 5.09. The standard InChI is InChI=1S/C26H18Cl2F4N4O2S/c27-20-8-15(9-21(28)24(20)38-13-16-4-1-2-7-22(16)29)12-33-36-23(37)11-19-14-39-25(35-19)34-18-6-3-5-17(10-18)26(30,31)32/h1-10,12,14H,11,13H2,(H,34,35)(H,36,37)/b33-12-. The molecule has 0 saturated heterocycles. The van der Waals surface area contributed by atoms with Crippen molar-refractivity contribution in [3.05, 3.63) is 104 Å². The Hall–Kier alpha value is -3.67. The first-order valence-corrected chi connectivity index (χ1v) is 12.8. The first-order valence-electron chi connectivity index (χ1n) is 11.1. The normalized spacial score (nSPS) is 11.5. The van der Waals surface area contributed by atoms with Gasteiger partial charge in [-0.2, -0.15) is 18.3 Å². The molecule has 0 radical (unpaired) electrons. The SMILES string of the molecule is O=C(Cc1csc(Nc2cccc(C(F)(F)F)c2)n1)N/N=C\c1cc(Cl)c(OCc2ccccc2F)c(Cl)c1. The molecule has 0 fully saturated rings. The van der Waals surface area contributed by atoms with Gasteiger partial charge in [0, 0.05) is 16.6 Å². The van der Waals surface area contributed by atoms with E-state index in [0.717, 1.165) is 23.5 Å². The maximum atomic E-state index is 13.8. The molecule has 0 atom stereocenters. The molecular weight excluding hydrogens is 579 g/mol. The van der Waals surface area contributed by atoms with Crippen LogP contribution >= 0.6 is 34.5 Å². The van der Waals surface area contributed by atoms with Crippen LogP contribution in [-0.4, -0.2) is 17.1 Å². The zero-order valence-corrected chi connectivity index (χ0v) is 22.1. The summed E-state index contributed by atoms with van der Waals surface area (Å²) in [6.07, 6.45) is -3.24. The van der Waals surface area contributed by atoms with E-state index in [0.29, 0.717) is 22.0 Å². The van der Waals surface area contributed by atoms with Crippen molar-refractivity contribution >= 4 is 57.5 Å². The second kappa shape index (κ2) is 12.5. The minimum absolute atomic E-state index is 0.0661. The highest BCUT2D eigenvalue weighted by Gasteiger charge is 2.30. The van der Waals surface area contributed by atoms with Crippen LogP contribution in [0.25, 0.3) is 0 Å². The second-order valence-electron chi connectivity index (χ2n) is 8.01. The van der Waals surface area contributed by atoms with Gasteiger partial charge >= 0.3 is 6.18 Å². The van der Waals surface area contributed by atoms with Gasteiger partial charge in [0.25, 0.3) is 0 Å². The van der Waals surface area contributed by atoms with Gasteiger partial charge in [0.1, 0.15) is 12.4 Å². The third kappa shape index (κ3) is 7.92. The van der Waals surface area contributed by atoms with Crippen LogP contribution < -0.4 is 15.5 Å². The van der Waals surface area contributed by atoms with Crippen LogP contribution in [0.15, 0.2) is 71.1 Å². The van der Waals surface area contributed by atoms with Crippen molar-refractivity contribution in [1.29, 1.82) is 0 Å². The monoisotopic (exact) mass is 596 g/mol. The summed E-state index contributed by atoms with van der Waals surface area (Å²) in [5.74, 6) is -0.699. The molecular formula is C26H18Cl2F4N4O2S. The van der Waals surface area contributed by atoms with Crippen molar-refractivity contribution < 1.29 is 27.1 Å². The van der Waals surface area contributed by atoms with Crippen molar-refractivity contribution in [2.75, 3.05) is 5.32 Å². The molecule has 4 aromatic rings. The van der Waals surface area contributed by atoms with Gasteiger partial charge in [0.2, 0.25) is 5.91 Å². The number of ether oxygens (including phenoxy) is 1. The average molecular weight is 597 g/mol. The fourth-order valence-corrected chi connectivity index (χ4v) is 4.63. The summed E-state index contributed by atoms with van der Waals surface area (Å²) in [5.41, 5.74) is 3.03. The zero-order chi connectivity index (χ0) is 28.0. The van der Waals surface area contributed by atoms with Crippen molar-refractivity contribution in [3.63, 3.8) is 0 Å². The topological polar surface area (TPSA) is 75.6 Å². The quantitative estimate of drug-likeness (QED) is 0.118. The zero-order valence-electron chi connectivity index (χ0n) is 19.7. The summed E-state index contributed by atoms with van der Waals surface area (Å²) in [5, 5.41) is 8.98. The number of nitrogens with one attached hydrogen (secondary N) is 2. The maximum absolute atomic E-state index is 13.8. The van der Waals surface area contributed by atoms with E-state index < -0.39 is 23.5 Å². The van der Waals surface area contributed by atoms with Gasteiger partial charge in [-0.1, -0.05) is 47.5 Å². The van der Waals surface area contributed by atoms with Gasteiger partial charge < -0.3 is 10.1 Å². The summed E-state index contributed by atoms with van der Waals surface area (Å²) in [7, 11) is 0. The highest BCUT2D eigenvalue weighted by molar-refractivity contribution is 7.13. The summed E-state index contributed by atoms with van der Waals surface area (Å²) in [6.45, 7) is -0.0661. The molecule has 0 bridgehead atoms. The third-order valence-corrected chi connectivity index (χ3v) is 6.46. The van der Waals surface area contributed by atoms with Gasteiger partial charge in [0.05, 0.1) is 33.9 Å². The first kappa shape index (κ1) is 28.3. The molecule has 39 heavy (non-hydrogen) atoms. The number of amides is 1. The van der Waals surface area contributed by atoms with Crippen molar-refractivity contribution in [2.45, 2.75) is 19.2 Å². The summed E-state index contributed by atoms with van der Waals surface area (Å²) in [6, 6.07) is 13.9. The lowest BCUT2D eigenvalue weighted by atomic mass is 10.2. The molecule has 1 aromatic heterocycles. The van der Waals surface area contributed by atoms with Gasteiger partial charge in [0.15, 0.2) is 10.9 Å². The van der Waals surface area contributed by atoms with Crippen LogP contribution in [0.2, 0.25) is 10.0 Å². The molecule has 6 nitrogen and oxygen atoms in total. The Morgan fingerprint density at radius 3 is 2.54 bits per heavy atom. The first-order chi connectivity index (χ1) is 18.6. The van der Waals surface area contributed by atoms with Crippen LogP contribution in [0.3, 0.4) is 0 Å². The Morgan fingerprint density at radius 1 is 1.08 bits per heavy atom. The highest BCUT2D eigenvalue weighted by Crippen LogP contribution is 2.35. The van der Waals surface area contributed by atoms with Gasteiger partial charge in [-0.3, -0.25) is 4.79 Å². The molecule has 3 aromatic carbocycles. The number of halogens is 6. The Morgan fingerprint density at radius 2 is 1.82 bits per heavy atom. The Kier molecular flexibility index (Phi) is 9.05. The number of anilines is 2. The lowest BCUT2D eigenvalue weighted by molar-refractivity contribution is -0.137. The van der Waals surface area contributed by atoms with Crippen molar-refractivity contribution in [1.82, 2.24) is 10.4 Å². The molecule has 0 spiro atoms. The fraction of sp³-hybridized carbons (Fsp3) is 0.115. The van der Waals surface area contributed by atoms with Gasteiger partial charge in [-0.25, -0.2) is 14.8 Å². The van der Waals surface area contributed by atoms with Crippen LogP contribution in [0.1, 0.15) is 22.4 Å². The highest BCUT2D eigenvalue weighted by atomic mass is 35.5. The molecule has 0 aliphatic heterocycles. The molecule has 202 valence electrons. The van der Waals surface area contributed by atoms with E-state index in [1.165, 1.54) is 36.5 Å². The largest absolute Gasteiger partial charge is 0.486 e. The lowest BCUT2D eigenvalue weighted by Gasteiger charge is -2.11. The fourth-order valence-electron chi connectivity index (χ4n) is 3.28. The summed E-state index contributed by atoms with van der Waals surface area (Å²) >= 11 is 13.7. The van der Waals surface area contributed by atoms with Crippen LogP contribution in [0, 0.1) is 5.82 Å². The predicted molar refractivity (Wildman–Crippen MR) is 143 cm³/mol. The molecule has 4 rings (SSSR count). The number of hydrazone groups is 1. The van der Waals surface area contributed by atoms with Crippen LogP contribution in [-0.2, 0) is 24.0 Å². The maximum Gasteiger partial charge on any atom is 0.416 e. The van der Waals surface area contributed by atoms with Gasteiger partial charge in [-0.15, -0.1) is 11.3 Å². The number of thiazole rings is 1. The second-order valence-corrected chi connectivity index (χ2v) is 9.68. The number of hydrogen-bond acceptors (Lipinski definition) is 6. The predicted octanol–water partition coefficient (Wildman–Crippen LogP) is 7.62. The molecule has 0 aliphatic rings. The van der Waals surface area contributed by atoms with Crippen molar-refractivity contribution in [2.24, 2.45) is 5.10 Å². The number of benzene rings is 3. The van der Waals surface area contributed by atoms with Crippen LogP contribution in [0.5, 0.6) is 5.75 Å². The van der Waals surface area contributed by atoms with Gasteiger partial charge in [-0.05, 0) is 42.0 Å². The molecule has 2 N–H and O–H groups in total. The number of hydrogen-bond donors (Lipinski definition) is 2. The summed E-state index contributed by atoms with van der Waals surface area (Å²) in [4.78, 5) is 16.5. The van der Waals surface area contributed by atoms with E-state index in [9.17, 15) is 22.4 Å². The molecule has 1 heterocycles. The Labute approximate surface area is 234 Å². The minimum Gasteiger partial charge on any atom is -0.486 e. The lowest BCUT2D eigenvalue weighted by Crippen LogP contribution is -2.19. The van der Waals surface area contributed by atoms with E-state index in [2.05, 4.69) is 20.8 Å². The van der Waals surface area contributed by atoms with E-state index in [1.54, 1.807) is 23.6 Å². The number of alkyl halides is 3. The van der Waals surface area contributed by atoms with E-state index in [-0.39, 0.29) is 34.5 Å². The number of carbonyl (C=O) groups is 1. The summed E-state index contributed by atoms with van der Waals surface area (Å²) < 4.78 is 58.1. The molecule has 0 aliphatic carbocycles. The molecule has 13 heteroatoms. The van der Waals surface area contributed by atoms with Crippen molar-refractivity contribution in [3.8, 4) is 5.75 Å². The number of nitrogens with zero attached hydrogens (tertiary/aromatic N) is 2. The Balaban J connectivity index is 1.30. The average Bonchev–Trinajstić information content (AvgIpc) is 3.30. The molecule has 0 unspecified atom stereocenters.